The van der Waals surface area contributed by atoms with E-state index in [9.17, 15) is 5.11 Å². The summed E-state index contributed by atoms with van der Waals surface area (Å²) >= 11 is 1.76. The molecular weight excluding hydrogens is 204 g/mol. The minimum atomic E-state index is 0.235. The molecule has 0 radical (unpaired) electrons. The van der Waals surface area contributed by atoms with E-state index >= 15 is 0 Å². The fraction of sp³-hybridized carbons (Fsp3) is 0.385. The van der Waals surface area contributed by atoms with Crippen molar-refractivity contribution in [3.8, 4) is 0 Å². The Balaban J connectivity index is 2.51. The zero-order valence-electron chi connectivity index (χ0n) is 9.10. The standard InChI is InChI=1S/C13H16OS/c1-9(2)11(7-14)12-8-15-13-6-4-3-5-10(12)13/h3-6,8-9,11,14H,7H2,1-2H3. The zero-order chi connectivity index (χ0) is 10.8. The number of hydrogen-bond donors (Lipinski definition) is 1. The summed E-state index contributed by atoms with van der Waals surface area (Å²) in [5, 5.41) is 12.9. The van der Waals surface area contributed by atoms with Crippen LogP contribution in [0, 0.1) is 5.92 Å². The Labute approximate surface area is 94.4 Å². The van der Waals surface area contributed by atoms with E-state index in [-0.39, 0.29) is 12.5 Å². The van der Waals surface area contributed by atoms with Gasteiger partial charge in [0, 0.05) is 10.6 Å². The molecule has 0 spiro atoms. The average molecular weight is 220 g/mol. The third-order valence-corrected chi connectivity index (χ3v) is 3.89. The van der Waals surface area contributed by atoms with Gasteiger partial charge < -0.3 is 5.11 Å². The van der Waals surface area contributed by atoms with Crippen LogP contribution in [0.2, 0.25) is 0 Å². The summed E-state index contributed by atoms with van der Waals surface area (Å²) in [6.45, 7) is 4.55. The van der Waals surface area contributed by atoms with Gasteiger partial charge in [-0.1, -0.05) is 32.0 Å². The first-order valence-electron chi connectivity index (χ1n) is 5.31. The second-order valence-corrected chi connectivity index (χ2v) is 5.13. The third-order valence-electron chi connectivity index (χ3n) is 2.91. The molecule has 2 aromatic rings. The van der Waals surface area contributed by atoms with Crippen molar-refractivity contribution >= 4 is 21.4 Å². The first kappa shape index (κ1) is 10.7. The van der Waals surface area contributed by atoms with Crippen molar-refractivity contribution in [3.63, 3.8) is 0 Å². The van der Waals surface area contributed by atoms with Crippen molar-refractivity contribution < 1.29 is 5.11 Å². The SMILES string of the molecule is CC(C)C(CO)c1csc2ccccc12. The highest BCUT2D eigenvalue weighted by molar-refractivity contribution is 7.17. The van der Waals surface area contributed by atoms with Crippen LogP contribution in [0.25, 0.3) is 10.1 Å². The molecule has 1 heterocycles. The summed E-state index contributed by atoms with van der Waals surface area (Å²) in [4.78, 5) is 0. The van der Waals surface area contributed by atoms with Gasteiger partial charge in [-0.25, -0.2) is 0 Å². The van der Waals surface area contributed by atoms with Crippen LogP contribution >= 0.6 is 11.3 Å². The smallest absolute Gasteiger partial charge is 0.0502 e. The van der Waals surface area contributed by atoms with Crippen LogP contribution in [-0.4, -0.2) is 11.7 Å². The summed E-state index contributed by atoms with van der Waals surface area (Å²) < 4.78 is 1.31. The number of fused-ring (bicyclic) bond motifs is 1. The van der Waals surface area contributed by atoms with E-state index in [0.717, 1.165) is 0 Å². The van der Waals surface area contributed by atoms with Crippen molar-refractivity contribution in [2.75, 3.05) is 6.61 Å². The van der Waals surface area contributed by atoms with E-state index in [4.69, 9.17) is 0 Å². The average Bonchev–Trinajstić information content (AvgIpc) is 2.63. The molecule has 15 heavy (non-hydrogen) atoms. The van der Waals surface area contributed by atoms with Crippen LogP contribution in [-0.2, 0) is 0 Å². The fourth-order valence-electron chi connectivity index (χ4n) is 1.95. The Bertz CT molecular complexity index is 444. The molecule has 2 heteroatoms. The minimum absolute atomic E-state index is 0.235. The number of rotatable bonds is 3. The molecule has 1 N–H and O–H groups in total. The maximum atomic E-state index is 9.43. The molecule has 0 fully saturated rings. The minimum Gasteiger partial charge on any atom is -0.396 e. The van der Waals surface area contributed by atoms with Gasteiger partial charge in [0.2, 0.25) is 0 Å². The van der Waals surface area contributed by atoms with Gasteiger partial charge in [-0.05, 0) is 28.3 Å². The van der Waals surface area contributed by atoms with Crippen LogP contribution in [0.3, 0.4) is 0 Å². The highest BCUT2D eigenvalue weighted by atomic mass is 32.1. The number of aliphatic hydroxyl groups is 1. The molecule has 1 atom stereocenters. The second kappa shape index (κ2) is 4.33. The highest BCUT2D eigenvalue weighted by Crippen LogP contribution is 2.34. The summed E-state index contributed by atoms with van der Waals surface area (Å²) in [6, 6.07) is 8.41. The lowest BCUT2D eigenvalue weighted by Gasteiger charge is -2.17. The number of benzene rings is 1. The molecule has 0 saturated carbocycles. The first-order valence-corrected chi connectivity index (χ1v) is 6.19. The molecule has 1 nitrogen and oxygen atoms in total. The van der Waals surface area contributed by atoms with Crippen LogP contribution in [0.4, 0.5) is 0 Å². The number of aliphatic hydroxyl groups excluding tert-OH is 1. The quantitative estimate of drug-likeness (QED) is 0.837. The Morgan fingerprint density at radius 2 is 2.00 bits per heavy atom. The van der Waals surface area contributed by atoms with Gasteiger partial charge in [0.15, 0.2) is 0 Å². The number of thiophene rings is 1. The van der Waals surface area contributed by atoms with Crippen molar-refractivity contribution in [2.45, 2.75) is 19.8 Å². The molecule has 0 aliphatic heterocycles. The predicted molar refractivity (Wildman–Crippen MR) is 66.5 cm³/mol. The molecule has 0 bridgehead atoms. The van der Waals surface area contributed by atoms with Gasteiger partial charge in [0.25, 0.3) is 0 Å². The summed E-state index contributed by atoms with van der Waals surface area (Å²) in [5.41, 5.74) is 1.30. The molecule has 80 valence electrons. The molecular formula is C13H16OS. The van der Waals surface area contributed by atoms with Gasteiger partial charge in [-0.15, -0.1) is 11.3 Å². The Hall–Kier alpha value is -0.860. The molecule has 1 unspecified atom stereocenters. The summed E-state index contributed by atoms with van der Waals surface area (Å²) in [5.74, 6) is 0.745. The largest absolute Gasteiger partial charge is 0.396 e. The van der Waals surface area contributed by atoms with E-state index in [2.05, 4.69) is 43.5 Å². The third kappa shape index (κ3) is 1.92. The maximum absolute atomic E-state index is 9.43. The summed E-state index contributed by atoms with van der Waals surface area (Å²) in [7, 11) is 0. The van der Waals surface area contributed by atoms with Crippen LogP contribution in [0.5, 0.6) is 0 Å². The molecule has 2 rings (SSSR count). The second-order valence-electron chi connectivity index (χ2n) is 4.22. The molecule has 1 aromatic heterocycles. The van der Waals surface area contributed by atoms with Crippen molar-refractivity contribution in [3.05, 3.63) is 35.2 Å². The van der Waals surface area contributed by atoms with Crippen molar-refractivity contribution in [1.82, 2.24) is 0 Å². The van der Waals surface area contributed by atoms with Gasteiger partial charge >= 0.3 is 0 Å². The lowest BCUT2D eigenvalue weighted by molar-refractivity contribution is 0.238. The Morgan fingerprint density at radius 3 is 2.67 bits per heavy atom. The van der Waals surface area contributed by atoms with Crippen LogP contribution < -0.4 is 0 Å². The topological polar surface area (TPSA) is 20.2 Å². The highest BCUT2D eigenvalue weighted by Gasteiger charge is 2.18. The van der Waals surface area contributed by atoms with E-state index in [0.29, 0.717) is 5.92 Å². The molecule has 0 amide bonds. The lowest BCUT2D eigenvalue weighted by atomic mass is 9.89. The molecule has 0 aliphatic rings. The van der Waals surface area contributed by atoms with Crippen molar-refractivity contribution in [1.29, 1.82) is 0 Å². The molecule has 0 saturated heterocycles. The van der Waals surface area contributed by atoms with Gasteiger partial charge in [-0.2, -0.15) is 0 Å². The van der Waals surface area contributed by atoms with Gasteiger partial charge in [0.1, 0.15) is 0 Å². The number of hydrogen-bond acceptors (Lipinski definition) is 2. The van der Waals surface area contributed by atoms with E-state index < -0.39 is 0 Å². The van der Waals surface area contributed by atoms with E-state index in [1.54, 1.807) is 11.3 Å². The predicted octanol–water partition coefficient (Wildman–Crippen LogP) is 3.63. The van der Waals surface area contributed by atoms with Crippen molar-refractivity contribution in [2.24, 2.45) is 5.92 Å². The fourth-order valence-corrected chi connectivity index (χ4v) is 2.98. The first-order chi connectivity index (χ1) is 7.24. The monoisotopic (exact) mass is 220 g/mol. The van der Waals surface area contributed by atoms with Crippen LogP contribution in [0.15, 0.2) is 29.6 Å². The van der Waals surface area contributed by atoms with E-state index in [1.165, 1.54) is 15.6 Å². The maximum Gasteiger partial charge on any atom is 0.0502 e. The Morgan fingerprint density at radius 1 is 1.27 bits per heavy atom. The molecule has 0 aliphatic carbocycles. The van der Waals surface area contributed by atoms with Gasteiger partial charge in [-0.3, -0.25) is 0 Å². The van der Waals surface area contributed by atoms with Crippen LogP contribution in [0.1, 0.15) is 25.3 Å². The molecule has 1 aromatic carbocycles. The lowest BCUT2D eigenvalue weighted by Crippen LogP contribution is -2.10. The van der Waals surface area contributed by atoms with Gasteiger partial charge in [0.05, 0.1) is 6.61 Å². The normalized spacial score (nSPS) is 13.6. The zero-order valence-corrected chi connectivity index (χ0v) is 9.92. The van der Waals surface area contributed by atoms with E-state index in [1.807, 2.05) is 0 Å². The summed E-state index contributed by atoms with van der Waals surface area (Å²) in [6.07, 6.45) is 0. The Kier molecular flexibility index (Phi) is 3.08.